The Hall–Kier alpha value is -0.0800. The third-order valence-electron chi connectivity index (χ3n) is 3.90. The maximum atomic E-state index is 5.41. The van der Waals surface area contributed by atoms with Crippen LogP contribution in [0.25, 0.3) is 0 Å². The van der Waals surface area contributed by atoms with Crippen molar-refractivity contribution in [3.05, 3.63) is 0 Å². The summed E-state index contributed by atoms with van der Waals surface area (Å²) in [5.41, 5.74) is 0.402. The standard InChI is InChI=1S/C13H27NO/c1-10(13(3,4)5)8-14-11(2)12-6-7-15-9-12/h10-12,14H,6-9H2,1-5H3. The zero-order valence-corrected chi connectivity index (χ0v) is 11.0. The molecule has 15 heavy (non-hydrogen) atoms. The highest BCUT2D eigenvalue weighted by atomic mass is 16.5. The monoisotopic (exact) mass is 213 g/mol. The second kappa shape index (κ2) is 5.31. The van der Waals surface area contributed by atoms with E-state index in [4.69, 9.17) is 4.74 Å². The maximum Gasteiger partial charge on any atom is 0.0509 e. The van der Waals surface area contributed by atoms with E-state index in [-0.39, 0.29) is 0 Å². The van der Waals surface area contributed by atoms with Crippen LogP contribution in [0.3, 0.4) is 0 Å². The van der Waals surface area contributed by atoms with Crippen LogP contribution in [0.15, 0.2) is 0 Å². The first-order valence-corrected chi connectivity index (χ1v) is 6.22. The zero-order valence-electron chi connectivity index (χ0n) is 11.0. The molecule has 1 rings (SSSR count). The van der Waals surface area contributed by atoms with Gasteiger partial charge in [-0.15, -0.1) is 0 Å². The molecule has 90 valence electrons. The Balaban J connectivity index is 2.24. The zero-order chi connectivity index (χ0) is 11.5. The predicted molar refractivity (Wildman–Crippen MR) is 65.0 cm³/mol. The van der Waals surface area contributed by atoms with Gasteiger partial charge >= 0.3 is 0 Å². The van der Waals surface area contributed by atoms with E-state index < -0.39 is 0 Å². The summed E-state index contributed by atoms with van der Waals surface area (Å²) >= 11 is 0. The number of ether oxygens (including phenoxy) is 1. The van der Waals surface area contributed by atoms with Crippen LogP contribution in [0, 0.1) is 17.3 Å². The highest BCUT2D eigenvalue weighted by Crippen LogP contribution is 2.25. The van der Waals surface area contributed by atoms with Gasteiger partial charge in [-0.25, -0.2) is 0 Å². The lowest BCUT2D eigenvalue weighted by Crippen LogP contribution is -2.39. The minimum Gasteiger partial charge on any atom is -0.381 e. The van der Waals surface area contributed by atoms with Gasteiger partial charge in [-0.2, -0.15) is 0 Å². The molecule has 1 fully saturated rings. The van der Waals surface area contributed by atoms with Crippen molar-refractivity contribution in [3.63, 3.8) is 0 Å². The third kappa shape index (κ3) is 4.12. The van der Waals surface area contributed by atoms with E-state index in [9.17, 15) is 0 Å². The fourth-order valence-electron chi connectivity index (χ4n) is 1.78. The molecule has 0 aromatic rings. The summed E-state index contributed by atoms with van der Waals surface area (Å²) < 4.78 is 5.41. The molecule has 2 nitrogen and oxygen atoms in total. The van der Waals surface area contributed by atoms with E-state index in [0.29, 0.717) is 17.4 Å². The molecule has 1 saturated heterocycles. The number of hydrogen-bond donors (Lipinski definition) is 1. The molecule has 3 atom stereocenters. The minimum absolute atomic E-state index is 0.402. The number of nitrogens with one attached hydrogen (secondary N) is 1. The Labute approximate surface area is 94.8 Å². The summed E-state index contributed by atoms with van der Waals surface area (Å²) in [6.07, 6.45) is 1.22. The quantitative estimate of drug-likeness (QED) is 0.775. The molecule has 0 spiro atoms. The van der Waals surface area contributed by atoms with Crippen molar-refractivity contribution in [2.75, 3.05) is 19.8 Å². The van der Waals surface area contributed by atoms with E-state index in [2.05, 4.69) is 39.9 Å². The molecule has 2 heteroatoms. The summed E-state index contributed by atoms with van der Waals surface area (Å²) in [7, 11) is 0. The second-order valence-electron chi connectivity index (χ2n) is 6.09. The van der Waals surface area contributed by atoms with E-state index in [1.54, 1.807) is 0 Å². The van der Waals surface area contributed by atoms with Crippen LogP contribution in [0.4, 0.5) is 0 Å². The van der Waals surface area contributed by atoms with Crippen LogP contribution < -0.4 is 5.32 Å². The molecule has 1 aliphatic heterocycles. The minimum atomic E-state index is 0.402. The van der Waals surface area contributed by atoms with E-state index >= 15 is 0 Å². The van der Waals surface area contributed by atoms with Crippen LogP contribution in [-0.4, -0.2) is 25.8 Å². The summed E-state index contributed by atoms with van der Waals surface area (Å²) in [5.74, 6) is 1.43. The number of hydrogen-bond acceptors (Lipinski definition) is 2. The van der Waals surface area contributed by atoms with Gasteiger partial charge in [-0.05, 0) is 37.1 Å². The normalized spacial score (nSPS) is 26.6. The average molecular weight is 213 g/mol. The lowest BCUT2D eigenvalue weighted by Gasteiger charge is -2.30. The number of rotatable bonds is 4. The molecule has 1 N–H and O–H groups in total. The molecule has 0 radical (unpaired) electrons. The highest BCUT2D eigenvalue weighted by molar-refractivity contribution is 4.78. The fourth-order valence-corrected chi connectivity index (χ4v) is 1.78. The van der Waals surface area contributed by atoms with E-state index in [0.717, 1.165) is 25.7 Å². The maximum absolute atomic E-state index is 5.41. The summed E-state index contributed by atoms with van der Waals surface area (Å²) in [4.78, 5) is 0. The Bertz CT molecular complexity index is 179. The molecular weight excluding hydrogens is 186 g/mol. The van der Waals surface area contributed by atoms with Crippen LogP contribution in [0.2, 0.25) is 0 Å². The van der Waals surface area contributed by atoms with Gasteiger partial charge in [0, 0.05) is 12.6 Å². The lowest BCUT2D eigenvalue weighted by molar-refractivity contribution is 0.174. The molecular formula is C13H27NO. The van der Waals surface area contributed by atoms with Crippen molar-refractivity contribution in [2.24, 2.45) is 17.3 Å². The smallest absolute Gasteiger partial charge is 0.0509 e. The molecule has 3 unspecified atom stereocenters. The van der Waals surface area contributed by atoms with Gasteiger partial charge in [0.15, 0.2) is 0 Å². The van der Waals surface area contributed by atoms with Crippen LogP contribution in [0.1, 0.15) is 41.0 Å². The van der Waals surface area contributed by atoms with Crippen LogP contribution in [-0.2, 0) is 4.74 Å². The Kier molecular flexibility index (Phi) is 4.60. The first kappa shape index (κ1) is 13.0. The molecule has 1 heterocycles. The van der Waals surface area contributed by atoms with Gasteiger partial charge in [0.25, 0.3) is 0 Å². The molecule has 0 aliphatic carbocycles. The summed E-state index contributed by atoms with van der Waals surface area (Å²) in [6, 6.07) is 0.595. The molecule has 0 bridgehead atoms. The summed E-state index contributed by atoms with van der Waals surface area (Å²) in [5, 5.41) is 3.65. The van der Waals surface area contributed by atoms with Crippen molar-refractivity contribution in [3.8, 4) is 0 Å². The first-order valence-electron chi connectivity index (χ1n) is 6.22. The topological polar surface area (TPSA) is 21.3 Å². The summed E-state index contributed by atoms with van der Waals surface area (Å²) in [6.45, 7) is 14.5. The van der Waals surface area contributed by atoms with E-state index in [1.165, 1.54) is 6.42 Å². The van der Waals surface area contributed by atoms with Crippen LogP contribution in [0.5, 0.6) is 0 Å². The largest absolute Gasteiger partial charge is 0.381 e. The molecule has 0 amide bonds. The van der Waals surface area contributed by atoms with Gasteiger partial charge in [-0.3, -0.25) is 0 Å². The van der Waals surface area contributed by atoms with Crippen molar-refractivity contribution in [2.45, 2.75) is 47.1 Å². The third-order valence-corrected chi connectivity index (χ3v) is 3.90. The SMILES string of the molecule is CC(NCC(C)C(C)(C)C)C1CCOC1. The molecule has 0 saturated carbocycles. The van der Waals surface area contributed by atoms with Gasteiger partial charge in [-0.1, -0.05) is 27.7 Å². The predicted octanol–water partition coefficient (Wildman–Crippen LogP) is 2.68. The van der Waals surface area contributed by atoms with Crippen molar-refractivity contribution >= 4 is 0 Å². The van der Waals surface area contributed by atoms with Crippen LogP contribution >= 0.6 is 0 Å². The second-order valence-corrected chi connectivity index (χ2v) is 6.09. The average Bonchev–Trinajstić information content (AvgIpc) is 2.64. The molecule has 0 aromatic carbocycles. The molecule has 0 aromatic heterocycles. The highest BCUT2D eigenvalue weighted by Gasteiger charge is 2.24. The lowest BCUT2D eigenvalue weighted by atomic mass is 9.82. The Morgan fingerprint density at radius 3 is 2.47 bits per heavy atom. The Morgan fingerprint density at radius 1 is 1.33 bits per heavy atom. The first-order chi connectivity index (χ1) is 6.91. The van der Waals surface area contributed by atoms with Gasteiger partial charge in [0.05, 0.1) is 6.61 Å². The van der Waals surface area contributed by atoms with Gasteiger partial charge in [0.1, 0.15) is 0 Å². The van der Waals surface area contributed by atoms with Gasteiger partial charge in [0.2, 0.25) is 0 Å². The Morgan fingerprint density at radius 2 is 2.00 bits per heavy atom. The van der Waals surface area contributed by atoms with Gasteiger partial charge < -0.3 is 10.1 Å². The fraction of sp³-hybridized carbons (Fsp3) is 1.00. The van der Waals surface area contributed by atoms with Crippen molar-refractivity contribution < 1.29 is 4.74 Å². The van der Waals surface area contributed by atoms with Crippen molar-refractivity contribution in [1.29, 1.82) is 0 Å². The van der Waals surface area contributed by atoms with Crippen molar-refractivity contribution in [1.82, 2.24) is 5.32 Å². The molecule has 1 aliphatic rings. The van der Waals surface area contributed by atoms with E-state index in [1.807, 2.05) is 0 Å².